The van der Waals surface area contributed by atoms with Crippen LogP contribution in [0.5, 0.6) is 0 Å². The van der Waals surface area contributed by atoms with Gasteiger partial charge in [-0.3, -0.25) is 4.79 Å². The molecule has 4 nitrogen and oxygen atoms in total. The Kier molecular flexibility index (Phi) is 6.24. The van der Waals surface area contributed by atoms with Crippen molar-refractivity contribution in [3.63, 3.8) is 0 Å². The van der Waals surface area contributed by atoms with E-state index in [0.717, 1.165) is 12.0 Å². The lowest BCUT2D eigenvalue weighted by molar-refractivity contribution is -0.706. The van der Waals surface area contributed by atoms with Crippen LogP contribution in [0.1, 0.15) is 18.9 Å². The van der Waals surface area contributed by atoms with Crippen molar-refractivity contribution in [1.82, 2.24) is 0 Å². The number of benzene rings is 2. The SMILES string of the molecule is CCC(CO)[NH2+]Cc1ccc2oc3c(Cl)cccc3c(=O)c2c1.[Cl-]. The zero-order valence-electron chi connectivity index (χ0n) is 13.3. The number of aliphatic hydroxyl groups excluding tert-OH is 1. The van der Waals surface area contributed by atoms with Crippen molar-refractivity contribution < 1.29 is 27.2 Å². The molecule has 0 saturated heterocycles. The van der Waals surface area contributed by atoms with Gasteiger partial charge in [0.2, 0.25) is 5.43 Å². The maximum atomic E-state index is 12.7. The van der Waals surface area contributed by atoms with Crippen LogP contribution in [0.4, 0.5) is 0 Å². The fraction of sp³-hybridized carbons (Fsp3) is 0.278. The molecular formula is C18H19Cl2NO3. The van der Waals surface area contributed by atoms with Crippen LogP contribution in [0.2, 0.25) is 5.02 Å². The van der Waals surface area contributed by atoms with Gasteiger partial charge in [-0.1, -0.05) is 24.6 Å². The maximum Gasteiger partial charge on any atom is 0.200 e. The molecule has 2 aromatic carbocycles. The summed E-state index contributed by atoms with van der Waals surface area (Å²) in [6.07, 6.45) is 0.898. The number of aliphatic hydroxyl groups is 1. The Labute approximate surface area is 150 Å². The largest absolute Gasteiger partial charge is 1.00 e. The van der Waals surface area contributed by atoms with Crippen molar-refractivity contribution in [2.45, 2.75) is 25.9 Å². The molecule has 0 aliphatic carbocycles. The van der Waals surface area contributed by atoms with E-state index in [0.29, 0.717) is 33.5 Å². The summed E-state index contributed by atoms with van der Waals surface area (Å²) in [5.74, 6) is 0. The zero-order chi connectivity index (χ0) is 16.4. The number of rotatable bonds is 5. The molecule has 6 heteroatoms. The van der Waals surface area contributed by atoms with Gasteiger partial charge in [-0.2, -0.15) is 0 Å². The summed E-state index contributed by atoms with van der Waals surface area (Å²) >= 11 is 6.12. The first-order valence-corrected chi connectivity index (χ1v) is 8.10. The Morgan fingerprint density at radius 1 is 1.25 bits per heavy atom. The smallest absolute Gasteiger partial charge is 0.200 e. The molecule has 1 atom stereocenters. The molecule has 1 heterocycles. The number of nitrogens with two attached hydrogens (primary N) is 1. The van der Waals surface area contributed by atoms with Gasteiger partial charge in [-0.15, -0.1) is 0 Å². The number of hydrogen-bond acceptors (Lipinski definition) is 3. The van der Waals surface area contributed by atoms with Gasteiger partial charge in [0.15, 0.2) is 5.58 Å². The lowest BCUT2D eigenvalue weighted by Gasteiger charge is -2.11. The molecule has 3 aromatic rings. The van der Waals surface area contributed by atoms with E-state index in [1.54, 1.807) is 18.2 Å². The molecule has 0 spiro atoms. The predicted molar refractivity (Wildman–Crippen MR) is 91.8 cm³/mol. The molecule has 0 fully saturated rings. The van der Waals surface area contributed by atoms with Crippen LogP contribution in [0.15, 0.2) is 45.6 Å². The summed E-state index contributed by atoms with van der Waals surface area (Å²) < 4.78 is 5.80. The highest BCUT2D eigenvalue weighted by Crippen LogP contribution is 2.25. The van der Waals surface area contributed by atoms with E-state index < -0.39 is 0 Å². The monoisotopic (exact) mass is 367 g/mol. The van der Waals surface area contributed by atoms with Crippen LogP contribution in [0.25, 0.3) is 21.9 Å². The van der Waals surface area contributed by atoms with Crippen LogP contribution in [-0.4, -0.2) is 17.8 Å². The van der Waals surface area contributed by atoms with Gasteiger partial charge in [-0.05, 0) is 36.8 Å². The summed E-state index contributed by atoms with van der Waals surface area (Å²) in [6, 6.07) is 11.0. The molecule has 128 valence electrons. The Bertz CT molecular complexity index is 904. The van der Waals surface area contributed by atoms with Crippen molar-refractivity contribution >= 4 is 33.5 Å². The molecule has 0 saturated carbocycles. The third kappa shape index (κ3) is 3.57. The number of halogens is 2. The number of para-hydroxylation sites is 1. The van der Waals surface area contributed by atoms with Gasteiger partial charge in [-0.25, -0.2) is 0 Å². The van der Waals surface area contributed by atoms with E-state index in [1.165, 1.54) is 0 Å². The normalized spacial score (nSPS) is 12.3. The summed E-state index contributed by atoms with van der Waals surface area (Å²) in [7, 11) is 0. The van der Waals surface area contributed by atoms with E-state index in [4.69, 9.17) is 16.0 Å². The lowest BCUT2D eigenvalue weighted by atomic mass is 10.1. The van der Waals surface area contributed by atoms with Gasteiger partial charge in [0.25, 0.3) is 0 Å². The number of quaternary nitrogens is 1. The van der Waals surface area contributed by atoms with Gasteiger partial charge in [0.1, 0.15) is 18.2 Å². The number of fused-ring (bicyclic) bond motifs is 2. The topological polar surface area (TPSA) is 67.1 Å². The minimum absolute atomic E-state index is 0. The Morgan fingerprint density at radius 3 is 2.75 bits per heavy atom. The van der Waals surface area contributed by atoms with Crippen molar-refractivity contribution in [1.29, 1.82) is 0 Å². The maximum absolute atomic E-state index is 12.7. The van der Waals surface area contributed by atoms with E-state index >= 15 is 0 Å². The quantitative estimate of drug-likeness (QED) is 0.594. The van der Waals surface area contributed by atoms with Gasteiger partial charge in [0, 0.05) is 5.56 Å². The van der Waals surface area contributed by atoms with Crippen LogP contribution in [0.3, 0.4) is 0 Å². The lowest BCUT2D eigenvalue weighted by Crippen LogP contribution is -3.00. The van der Waals surface area contributed by atoms with Gasteiger partial charge >= 0.3 is 0 Å². The van der Waals surface area contributed by atoms with Crippen molar-refractivity contribution in [2.75, 3.05) is 6.61 Å². The first-order valence-electron chi connectivity index (χ1n) is 7.72. The molecule has 3 N–H and O–H groups in total. The second-order valence-corrected chi connectivity index (χ2v) is 6.08. The highest BCUT2D eigenvalue weighted by Gasteiger charge is 2.12. The van der Waals surface area contributed by atoms with Gasteiger partial charge in [0.05, 0.1) is 22.4 Å². The summed E-state index contributed by atoms with van der Waals surface area (Å²) in [5, 5.41) is 12.8. The zero-order valence-corrected chi connectivity index (χ0v) is 14.8. The Morgan fingerprint density at radius 2 is 2.04 bits per heavy atom. The van der Waals surface area contributed by atoms with Crippen LogP contribution >= 0.6 is 11.6 Å². The molecule has 1 unspecified atom stereocenters. The van der Waals surface area contributed by atoms with Crippen LogP contribution in [-0.2, 0) is 6.54 Å². The minimum atomic E-state index is -0.0696. The van der Waals surface area contributed by atoms with Crippen LogP contribution in [0, 0.1) is 0 Å². The highest BCUT2D eigenvalue weighted by atomic mass is 35.5. The summed E-state index contributed by atoms with van der Waals surface area (Å²) in [5.41, 5.74) is 1.92. The van der Waals surface area contributed by atoms with Gasteiger partial charge < -0.3 is 27.2 Å². The second kappa shape index (κ2) is 7.99. The first-order chi connectivity index (χ1) is 11.1. The standard InChI is InChI=1S/C18H18ClNO3.ClH/c1-2-12(10-21)20-9-11-6-7-16-14(8-11)17(22)13-4-3-5-15(19)18(13)23-16;/h3-8,12,20-21H,2,9-10H2,1H3;1H. The van der Waals surface area contributed by atoms with E-state index in [-0.39, 0.29) is 30.5 Å². The van der Waals surface area contributed by atoms with Crippen molar-refractivity contribution in [3.8, 4) is 0 Å². The van der Waals surface area contributed by atoms with E-state index in [9.17, 15) is 9.90 Å². The molecule has 24 heavy (non-hydrogen) atoms. The molecular weight excluding hydrogens is 349 g/mol. The average molecular weight is 368 g/mol. The third-order valence-electron chi connectivity index (χ3n) is 4.16. The Hall–Kier alpha value is -1.59. The first kappa shape index (κ1) is 18.7. The summed E-state index contributed by atoms with van der Waals surface area (Å²) in [4.78, 5) is 12.7. The fourth-order valence-electron chi connectivity index (χ4n) is 2.69. The van der Waals surface area contributed by atoms with Crippen molar-refractivity contribution in [2.24, 2.45) is 0 Å². The molecule has 0 amide bonds. The Balaban J connectivity index is 0.00000208. The average Bonchev–Trinajstić information content (AvgIpc) is 2.57. The van der Waals surface area contributed by atoms with E-state index in [2.05, 4.69) is 5.32 Å². The molecule has 1 aromatic heterocycles. The third-order valence-corrected chi connectivity index (χ3v) is 4.46. The van der Waals surface area contributed by atoms with Crippen LogP contribution < -0.4 is 23.2 Å². The highest BCUT2D eigenvalue weighted by molar-refractivity contribution is 6.34. The molecule has 0 aliphatic heterocycles. The molecule has 0 radical (unpaired) electrons. The molecule has 3 rings (SSSR count). The number of hydrogen-bond donors (Lipinski definition) is 2. The summed E-state index contributed by atoms with van der Waals surface area (Å²) in [6.45, 7) is 2.90. The second-order valence-electron chi connectivity index (χ2n) is 5.67. The molecule has 0 aliphatic rings. The minimum Gasteiger partial charge on any atom is -1.00 e. The predicted octanol–water partition coefficient (Wildman–Crippen LogP) is -0.562. The van der Waals surface area contributed by atoms with E-state index in [1.807, 2.05) is 25.1 Å². The van der Waals surface area contributed by atoms with Crippen molar-refractivity contribution in [3.05, 3.63) is 57.2 Å². The fourth-order valence-corrected chi connectivity index (χ4v) is 2.90. The molecule has 0 bridgehead atoms.